The molecule has 0 aromatic carbocycles. The maximum atomic E-state index is 13.0. The Morgan fingerprint density at radius 2 is 2.00 bits per heavy atom. The molecule has 1 aromatic rings. The van der Waals surface area contributed by atoms with Gasteiger partial charge in [-0.15, -0.1) is 0 Å². The third kappa shape index (κ3) is 4.90. The van der Waals surface area contributed by atoms with E-state index < -0.39 is 18.2 Å². The SMILES string of the molecule is COC(=O)[C@H](CC(C)C)n1cc(CCN2CC(F)C2)nc(C(C)C)c1=O. The zero-order chi connectivity index (χ0) is 19.4. The second-order valence-electron chi connectivity index (χ2n) is 7.76. The van der Waals surface area contributed by atoms with Gasteiger partial charge in [0.05, 0.1) is 12.8 Å². The molecule has 0 N–H and O–H groups in total. The largest absolute Gasteiger partial charge is 0.467 e. The molecular weight excluding hydrogens is 337 g/mol. The highest BCUT2D eigenvalue weighted by Crippen LogP contribution is 2.20. The van der Waals surface area contributed by atoms with E-state index in [1.165, 1.54) is 11.7 Å². The Balaban J connectivity index is 2.35. The second-order valence-corrected chi connectivity index (χ2v) is 7.76. The van der Waals surface area contributed by atoms with Crippen molar-refractivity contribution in [3.05, 3.63) is 27.9 Å². The molecule has 0 bridgehead atoms. The number of hydrogen-bond acceptors (Lipinski definition) is 5. The van der Waals surface area contributed by atoms with Crippen LogP contribution in [0.5, 0.6) is 0 Å². The monoisotopic (exact) mass is 367 g/mol. The Labute approximate surface area is 154 Å². The van der Waals surface area contributed by atoms with E-state index in [2.05, 4.69) is 4.98 Å². The quantitative estimate of drug-likeness (QED) is 0.660. The van der Waals surface area contributed by atoms with Gasteiger partial charge in [-0.25, -0.2) is 9.18 Å². The summed E-state index contributed by atoms with van der Waals surface area (Å²) in [6.07, 6.45) is 2.06. The lowest BCUT2D eigenvalue weighted by molar-refractivity contribution is -0.145. The van der Waals surface area contributed by atoms with Crippen LogP contribution in [0, 0.1) is 5.92 Å². The molecule has 1 aliphatic heterocycles. The molecule has 0 spiro atoms. The second kappa shape index (κ2) is 8.75. The number of nitrogens with zero attached hydrogens (tertiary/aromatic N) is 3. The summed E-state index contributed by atoms with van der Waals surface area (Å²) in [6, 6.07) is -0.661. The van der Waals surface area contributed by atoms with Gasteiger partial charge in [-0.05, 0) is 12.3 Å². The molecule has 0 amide bonds. The van der Waals surface area contributed by atoms with Crippen LogP contribution in [0.2, 0.25) is 0 Å². The van der Waals surface area contributed by atoms with Crippen molar-refractivity contribution >= 4 is 5.97 Å². The first-order valence-corrected chi connectivity index (χ1v) is 9.29. The fourth-order valence-electron chi connectivity index (χ4n) is 3.18. The van der Waals surface area contributed by atoms with E-state index in [1.807, 2.05) is 32.6 Å². The van der Waals surface area contributed by atoms with Gasteiger partial charge < -0.3 is 4.74 Å². The van der Waals surface area contributed by atoms with Gasteiger partial charge in [-0.3, -0.25) is 19.2 Å². The highest BCUT2D eigenvalue weighted by atomic mass is 19.1. The maximum absolute atomic E-state index is 13.0. The summed E-state index contributed by atoms with van der Waals surface area (Å²) >= 11 is 0. The van der Waals surface area contributed by atoms with Crippen LogP contribution < -0.4 is 5.56 Å². The van der Waals surface area contributed by atoms with Crippen LogP contribution in [0.4, 0.5) is 4.39 Å². The predicted octanol–water partition coefficient (Wildman–Crippen LogP) is 2.32. The number of ether oxygens (including phenoxy) is 1. The van der Waals surface area contributed by atoms with Crippen LogP contribution in [0.3, 0.4) is 0 Å². The van der Waals surface area contributed by atoms with E-state index in [1.54, 1.807) is 6.20 Å². The summed E-state index contributed by atoms with van der Waals surface area (Å²) in [4.78, 5) is 31.7. The number of hydrogen-bond donors (Lipinski definition) is 0. The van der Waals surface area contributed by atoms with Gasteiger partial charge in [0.2, 0.25) is 0 Å². The van der Waals surface area contributed by atoms with E-state index in [9.17, 15) is 14.0 Å². The summed E-state index contributed by atoms with van der Waals surface area (Å²) in [5.74, 6) is -0.242. The zero-order valence-corrected chi connectivity index (χ0v) is 16.4. The molecule has 0 radical (unpaired) electrons. The number of carbonyl (C=O) groups excluding carboxylic acids is 1. The molecule has 1 saturated heterocycles. The number of alkyl halides is 1. The number of likely N-dealkylation sites (tertiary alicyclic amines) is 1. The molecule has 0 saturated carbocycles. The van der Waals surface area contributed by atoms with Crippen molar-refractivity contribution in [3.8, 4) is 0 Å². The fraction of sp³-hybridized carbons (Fsp3) is 0.737. The van der Waals surface area contributed by atoms with E-state index >= 15 is 0 Å². The van der Waals surface area contributed by atoms with Crippen molar-refractivity contribution in [2.75, 3.05) is 26.7 Å². The lowest BCUT2D eigenvalue weighted by Crippen LogP contribution is -2.49. The topological polar surface area (TPSA) is 64.4 Å². The van der Waals surface area contributed by atoms with Crippen LogP contribution in [0.1, 0.15) is 57.5 Å². The van der Waals surface area contributed by atoms with Crippen molar-refractivity contribution in [1.29, 1.82) is 0 Å². The molecule has 146 valence electrons. The van der Waals surface area contributed by atoms with Crippen molar-refractivity contribution in [1.82, 2.24) is 14.5 Å². The molecule has 1 aliphatic rings. The van der Waals surface area contributed by atoms with Gasteiger partial charge in [0.1, 0.15) is 17.9 Å². The first-order valence-electron chi connectivity index (χ1n) is 9.29. The molecule has 7 heteroatoms. The van der Waals surface area contributed by atoms with Crippen LogP contribution in [-0.4, -0.2) is 53.3 Å². The summed E-state index contributed by atoms with van der Waals surface area (Å²) < 4.78 is 19.4. The normalized spacial score (nSPS) is 16.8. The van der Waals surface area contributed by atoms with Gasteiger partial charge in [-0.1, -0.05) is 27.7 Å². The molecule has 26 heavy (non-hydrogen) atoms. The molecule has 1 aromatic heterocycles. The van der Waals surface area contributed by atoms with E-state index in [-0.39, 0.29) is 17.4 Å². The van der Waals surface area contributed by atoms with E-state index in [0.29, 0.717) is 38.2 Å². The van der Waals surface area contributed by atoms with Crippen LogP contribution in [-0.2, 0) is 16.0 Å². The molecular formula is C19H30FN3O3. The minimum Gasteiger partial charge on any atom is -0.467 e. The van der Waals surface area contributed by atoms with Crippen LogP contribution >= 0.6 is 0 Å². The van der Waals surface area contributed by atoms with Crippen molar-refractivity contribution in [2.24, 2.45) is 5.92 Å². The number of carbonyl (C=O) groups is 1. The van der Waals surface area contributed by atoms with E-state index in [4.69, 9.17) is 4.74 Å². The van der Waals surface area contributed by atoms with Gasteiger partial charge in [0.25, 0.3) is 5.56 Å². The summed E-state index contributed by atoms with van der Waals surface area (Å²) in [6.45, 7) is 9.43. The highest BCUT2D eigenvalue weighted by Gasteiger charge is 2.28. The van der Waals surface area contributed by atoms with Crippen LogP contribution in [0.25, 0.3) is 0 Å². The summed E-state index contributed by atoms with van der Waals surface area (Å²) in [7, 11) is 1.34. The zero-order valence-electron chi connectivity index (χ0n) is 16.4. The Morgan fingerprint density at radius 3 is 2.50 bits per heavy atom. The third-order valence-corrected chi connectivity index (χ3v) is 4.65. The van der Waals surface area contributed by atoms with Crippen LogP contribution in [0.15, 0.2) is 11.0 Å². The lowest BCUT2D eigenvalue weighted by atomic mass is 10.0. The van der Waals surface area contributed by atoms with Crippen molar-refractivity contribution < 1.29 is 13.9 Å². The van der Waals surface area contributed by atoms with Gasteiger partial charge in [0, 0.05) is 38.2 Å². The van der Waals surface area contributed by atoms with Crippen molar-refractivity contribution in [2.45, 2.75) is 58.7 Å². The van der Waals surface area contributed by atoms with Crippen molar-refractivity contribution in [3.63, 3.8) is 0 Å². The number of rotatable bonds is 8. The fourth-order valence-corrected chi connectivity index (χ4v) is 3.18. The highest BCUT2D eigenvalue weighted by molar-refractivity contribution is 5.74. The predicted molar refractivity (Wildman–Crippen MR) is 98.1 cm³/mol. The Hall–Kier alpha value is -1.76. The minimum absolute atomic E-state index is 0.0507. The van der Waals surface area contributed by atoms with E-state index in [0.717, 1.165) is 5.69 Å². The summed E-state index contributed by atoms with van der Waals surface area (Å²) in [5, 5.41) is 0. The average molecular weight is 367 g/mol. The molecule has 1 fully saturated rings. The molecule has 2 heterocycles. The Bertz CT molecular complexity index is 681. The molecule has 0 aliphatic carbocycles. The first kappa shape index (κ1) is 20.6. The number of methoxy groups -OCH3 is 1. The average Bonchev–Trinajstić information content (AvgIpc) is 2.55. The smallest absolute Gasteiger partial charge is 0.328 e. The molecule has 0 unspecified atom stereocenters. The number of halogens is 1. The minimum atomic E-state index is -0.738. The van der Waals surface area contributed by atoms with Gasteiger partial charge in [0.15, 0.2) is 0 Å². The maximum Gasteiger partial charge on any atom is 0.328 e. The third-order valence-electron chi connectivity index (χ3n) is 4.65. The van der Waals surface area contributed by atoms with Gasteiger partial charge >= 0.3 is 5.97 Å². The number of aromatic nitrogens is 2. The number of esters is 1. The molecule has 1 atom stereocenters. The van der Waals surface area contributed by atoms with Gasteiger partial charge in [-0.2, -0.15) is 0 Å². The summed E-state index contributed by atoms with van der Waals surface area (Å²) in [5.41, 5.74) is 0.952. The first-order chi connectivity index (χ1) is 12.2. The molecule has 6 nitrogen and oxygen atoms in total. The molecule has 2 rings (SSSR count). The lowest BCUT2D eigenvalue weighted by Gasteiger charge is -2.34. The standard InChI is InChI=1S/C19H30FN3O3/c1-12(2)8-16(19(25)26-5)23-11-15(6-7-22-9-14(20)10-22)21-17(13(3)4)18(23)24/h11-14,16H,6-10H2,1-5H3/t16-/m0/s1. The Kier molecular flexibility index (Phi) is 6.92. The Morgan fingerprint density at radius 1 is 1.35 bits per heavy atom.